The summed E-state index contributed by atoms with van der Waals surface area (Å²) in [5, 5.41) is 12.1. The normalized spacial score (nSPS) is 12.3. The van der Waals surface area contributed by atoms with Crippen molar-refractivity contribution in [3.05, 3.63) is 86.0 Å². The van der Waals surface area contributed by atoms with Gasteiger partial charge in [-0.15, -0.1) is 22.7 Å². The van der Waals surface area contributed by atoms with Crippen molar-refractivity contribution in [3.63, 3.8) is 0 Å². The van der Waals surface area contributed by atoms with Crippen molar-refractivity contribution in [1.82, 2.24) is 9.97 Å². The van der Waals surface area contributed by atoms with E-state index in [0.717, 1.165) is 33.5 Å². The lowest BCUT2D eigenvalue weighted by Crippen LogP contribution is -2.07. The number of rotatable bonds is 4. The minimum atomic E-state index is -4.49. The minimum absolute atomic E-state index is 0.0174. The number of aromatic nitrogens is 2. The Kier molecular flexibility index (Phi) is 5.44. The van der Waals surface area contributed by atoms with Crippen molar-refractivity contribution in [2.24, 2.45) is 0 Å². The summed E-state index contributed by atoms with van der Waals surface area (Å²) in [5.74, 6) is -0.179. The van der Waals surface area contributed by atoms with Gasteiger partial charge in [0.1, 0.15) is 10.0 Å². The van der Waals surface area contributed by atoms with Gasteiger partial charge in [-0.25, -0.2) is 9.97 Å². The quantitative estimate of drug-likeness (QED) is 0.373. The molecule has 0 spiro atoms. The molecule has 152 valence electrons. The zero-order valence-electron chi connectivity index (χ0n) is 15.6. The van der Waals surface area contributed by atoms with E-state index < -0.39 is 11.7 Å². The fourth-order valence-corrected chi connectivity index (χ4v) is 4.73. The lowest BCUT2D eigenvalue weighted by molar-refractivity contribution is -0.137. The van der Waals surface area contributed by atoms with Crippen molar-refractivity contribution in [3.8, 4) is 17.1 Å². The maximum atomic E-state index is 13.5. The zero-order chi connectivity index (χ0) is 21.3. The molecule has 0 atom stereocenters. The van der Waals surface area contributed by atoms with Gasteiger partial charge in [0.15, 0.2) is 0 Å². The monoisotopic (exact) mass is 444 g/mol. The highest BCUT2D eigenvalue weighted by Gasteiger charge is 2.32. The predicted molar refractivity (Wildman–Crippen MR) is 114 cm³/mol. The number of alkyl halides is 3. The number of halogens is 3. The van der Waals surface area contributed by atoms with E-state index >= 15 is 0 Å². The van der Waals surface area contributed by atoms with Crippen LogP contribution in [0.15, 0.2) is 60.0 Å². The van der Waals surface area contributed by atoms with E-state index in [-0.39, 0.29) is 11.4 Å². The molecule has 0 unspecified atom stereocenters. The van der Waals surface area contributed by atoms with Gasteiger partial charge >= 0.3 is 6.18 Å². The average Bonchev–Trinajstić information content (AvgIpc) is 3.32. The zero-order valence-corrected chi connectivity index (χ0v) is 17.3. The van der Waals surface area contributed by atoms with Gasteiger partial charge in [-0.3, -0.25) is 0 Å². The summed E-state index contributed by atoms with van der Waals surface area (Å²) < 4.78 is 40.5. The van der Waals surface area contributed by atoms with Crippen molar-refractivity contribution < 1.29 is 18.3 Å². The third kappa shape index (κ3) is 4.15. The van der Waals surface area contributed by atoms with Crippen LogP contribution in [0.5, 0.6) is 5.88 Å². The second-order valence-corrected chi connectivity index (χ2v) is 8.51. The Morgan fingerprint density at radius 3 is 2.33 bits per heavy atom. The highest BCUT2D eigenvalue weighted by Crippen LogP contribution is 2.39. The van der Waals surface area contributed by atoms with E-state index in [1.165, 1.54) is 34.9 Å². The fourth-order valence-electron chi connectivity index (χ4n) is 3.02. The van der Waals surface area contributed by atoms with E-state index in [2.05, 4.69) is 4.98 Å². The Morgan fingerprint density at radius 2 is 1.67 bits per heavy atom. The summed E-state index contributed by atoms with van der Waals surface area (Å²) in [4.78, 5) is 9.72. The predicted octanol–water partition coefficient (Wildman–Crippen LogP) is 6.89. The molecule has 30 heavy (non-hydrogen) atoms. The van der Waals surface area contributed by atoms with Crippen LogP contribution in [0.25, 0.3) is 22.9 Å². The molecule has 0 aliphatic carbocycles. The van der Waals surface area contributed by atoms with Gasteiger partial charge in [-0.05, 0) is 24.6 Å². The first kappa shape index (κ1) is 20.3. The summed E-state index contributed by atoms with van der Waals surface area (Å²) >= 11 is 2.53. The molecule has 2 aromatic heterocycles. The van der Waals surface area contributed by atoms with Crippen LogP contribution < -0.4 is 0 Å². The van der Waals surface area contributed by atoms with Gasteiger partial charge in [-0.2, -0.15) is 13.2 Å². The molecule has 3 nitrogen and oxygen atoms in total. The summed E-state index contributed by atoms with van der Waals surface area (Å²) in [5.41, 5.74) is 1.41. The molecule has 0 aliphatic heterocycles. The number of nitrogens with zero attached hydrogens (tertiary/aromatic N) is 2. The highest BCUT2D eigenvalue weighted by molar-refractivity contribution is 7.15. The van der Waals surface area contributed by atoms with Crippen LogP contribution in [-0.4, -0.2) is 15.1 Å². The molecule has 8 heteroatoms. The Balaban J connectivity index is 1.89. The summed E-state index contributed by atoms with van der Waals surface area (Å²) in [6, 6.07) is 15.0. The number of thiazole rings is 2. The SMILES string of the molecule is Cc1sc(/C(=C/c2ccccc2C(F)(F)F)c2nc(O)cs2)nc1-c1ccccc1. The molecule has 0 saturated carbocycles. The third-order valence-corrected chi connectivity index (χ3v) is 6.23. The van der Waals surface area contributed by atoms with E-state index in [9.17, 15) is 18.3 Å². The van der Waals surface area contributed by atoms with Gasteiger partial charge in [-0.1, -0.05) is 48.5 Å². The minimum Gasteiger partial charge on any atom is -0.493 e. The van der Waals surface area contributed by atoms with Gasteiger partial charge in [0.05, 0.1) is 16.6 Å². The van der Waals surface area contributed by atoms with Crippen LogP contribution in [0.1, 0.15) is 26.0 Å². The van der Waals surface area contributed by atoms with Crippen LogP contribution >= 0.6 is 22.7 Å². The van der Waals surface area contributed by atoms with Crippen LogP contribution in [0, 0.1) is 6.92 Å². The molecule has 4 rings (SSSR count). The van der Waals surface area contributed by atoms with E-state index in [4.69, 9.17) is 4.98 Å². The Hall–Kier alpha value is -2.97. The topological polar surface area (TPSA) is 46.0 Å². The molecule has 0 radical (unpaired) electrons. The van der Waals surface area contributed by atoms with Crippen LogP contribution in [0.4, 0.5) is 13.2 Å². The van der Waals surface area contributed by atoms with Crippen LogP contribution in [0.2, 0.25) is 0 Å². The Labute approximate surface area is 178 Å². The van der Waals surface area contributed by atoms with Gasteiger partial charge < -0.3 is 5.11 Å². The Morgan fingerprint density at radius 1 is 0.967 bits per heavy atom. The third-order valence-electron chi connectivity index (χ3n) is 4.36. The molecule has 0 aliphatic rings. The smallest absolute Gasteiger partial charge is 0.416 e. The molecule has 0 saturated heterocycles. The fraction of sp³-hybridized carbons (Fsp3) is 0.0909. The second-order valence-electron chi connectivity index (χ2n) is 6.44. The van der Waals surface area contributed by atoms with E-state index in [1.807, 2.05) is 37.3 Å². The number of hydrogen-bond donors (Lipinski definition) is 1. The molecule has 0 amide bonds. The van der Waals surface area contributed by atoms with Crippen LogP contribution in [0.3, 0.4) is 0 Å². The lowest BCUT2D eigenvalue weighted by Gasteiger charge is -2.11. The number of aryl methyl sites for hydroxylation is 1. The van der Waals surface area contributed by atoms with Gasteiger partial charge in [0, 0.05) is 16.0 Å². The first-order valence-electron chi connectivity index (χ1n) is 8.89. The summed E-state index contributed by atoms with van der Waals surface area (Å²) in [7, 11) is 0. The van der Waals surface area contributed by atoms with Gasteiger partial charge in [0.2, 0.25) is 5.88 Å². The highest BCUT2D eigenvalue weighted by atomic mass is 32.1. The molecule has 1 N–H and O–H groups in total. The van der Waals surface area contributed by atoms with Crippen molar-refractivity contribution in [2.75, 3.05) is 0 Å². The summed E-state index contributed by atoms with van der Waals surface area (Å²) in [6.45, 7) is 1.92. The molecule has 0 bridgehead atoms. The number of aromatic hydroxyl groups is 1. The lowest BCUT2D eigenvalue weighted by atomic mass is 10.0. The molecule has 4 aromatic rings. The Bertz CT molecular complexity index is 1210. The number of benzene rings is 2. The van der Waals surface area contributed by atoms with Crippen molar-refractivity contribution in [2.45, 2.75) is 13.1 Å². The standard InChI is InChI=1S/C22H15F3N2OS2/c1-13-19(14-7-3-2-4-8-14)27-21(30-13)16(20-26-18(28)12-29-20)11-15-9-5-6-10-17(15)22(23,24)25/h2-12,28H,1H3/b16-11+. The maximum absolute atomic E-state index is 13.5. The van der Waals surface area contributed by atoms with Gasteiger partial charge in [0.25, 0.3) is 0 Å². The first-order valence-corrected chi connectivity index (χ1v) is 10.6. The molecule has 2 aromatic carbocycles. The largest absolute Gasteiger partial charge is 0.493 e. The van der Waals surface area contributed by atoms with Crippen molar-refractivity contribution in [1.29, 1.82) is 0 Å². The maximum Gasteiger partial charge on any atom is 0.416 e. The molecular formula is C22H15F3N2OS2. The molecule has 0 fully saturated rings. The van der Waals surface area contributed by atoms with E-state index in [1.54, 1.807) is 6.07 Å². The molecule has 2 heterocycles. The van der Waals surface area contributed by atoms with E-state index in [0.29, 0.717) is 15.6 Å². The second kappa shape index (κ2) is 8.04. The van der Waals surface area contributed by atoms with Crippen molar-refractivity contribution >= 4 is 34.3 Å². The number of hydrogen-bond acceptors (Lipinski definition) is 5. The molecular weight excluding hydrogens is 429 g/mol. The van der Waals surface area contributed by atoms with Crippen LogP contribution in [-0.2, 0) is 6.18 Å². The summed E-state index contributed by atoms with van der Waals surface area (Å²) in [6.07, 6.45) is -3.05. The first-order chi connectivity index (χ1) is 14.3. The average molecular weight is 445 g/mol.